The number of piperazine rings is 1. The minimum absolute atomic E-state index is 0.0647. The molecule has 30 heavy (non-hydrogen) atoms. The number of carbonyl (C=O) groups is 1. The van der Waals surface area contributed by atoms with E-state index < -0.39 is 16.0 Å². The van der Waals surface area contributed by atoms with Crippen molar-refractivity contribution in [3.05, 3.63) is 58.5 Å². The van der Waals surface area contributed by atoms with Gasteiger partial charge in [0.15, 0.2) is 0 Å². The number of thiophene rings is 1. The van der Waals surface area contributed by atoms with Crippen LogP contribution in [-0.2, 0) is 14.8 Å². The second-order valence-corrected chi connectivity index (χ2v) is 10.4. The summed E-state index contributed by atoms with van der Waals surface area (Å²) in [5, 5.41) is 0.569. The maximum Gasteiger partial charge on any atom is 0.349 e. The quantitative estimate of drug-likeness (QED) is 0.573. The second kappa shape index (κ2) is 8.02. The third-order valence-corrected chi connectivity index (χ3v) is 8.72. The van der Waals surface area contributed by atoms with E-state index in [1.807, 2.05) is 12.1 Å². The molecule has 0 unspecified atom stereocenters. The van der Waals surface area contributed by atoms with Crippen LogP contribution in [0.15, 0.2) is 47.4 Å². The Balaban J connectivity index is 1.65. The Morgan fingerprint density at radius 3 is 2.40 bits per heavy atom. The van der Waals surface area contributed by atoms with Gasteiger partial charge < -0.3 is 9.64 Å². The van der Waals surface area contributed by atoms with Crippen LogP contribution in [0.1, 0.15) is 20.8 Å². The third kappa shape index (κ3) is 3.59. The molecule has 0 atom stereocenters. The van der Waals surface area contributed by atoms with Crippen LogP contribution in [0.25, 0.3) is 10.1 Å². The zero-order chi connectivity index (χ0) is 21.5. The molecule has 0 amide bonds. The fraction of sp³-hybridized carbons (Fsp3) is 0.318. The van der Waals surface area contributed by atoms with E-state index in [0.29, 0.717) is 31.6 Å². The summed E-state index contributed by atoms with van der Waals surface area (Å²) in [5.41, 5.74) is 3.52. The molecule has 1 aliphatic rings. The topological polar surface area (TPSA) is 66.9 Å². The molecule has 0 bridgehead atoms. The number of hydrogen-bond acceptors (Lipinski definition) is 6. The number of hydrogen-bond donors (Lipinski definition) is 0. The molecule has 6 nitrogen and oxygen atoms in total. The fourth-order valence-corrected chi connectivity index (χ4v) is 7.16. The Hall–Kier alpha value is -2.42. The van der Waals surface area contributed by atoms with E-state index in [1.54, 1.807) is 12.1 Å². The van der Waals surface area contributed by atoms with Crippen LogP contribution in [0.4, 0.5) is 5.69 Å². The van der Waals surface area contributed by atoms with Gasteiger partial charge in [-0.15, -0.1) is 11.3 Å². The van der Waals surface area contributed by atoms with E-state index in [-0.39, 0.29) is 9.77 Å². The van der Waals surface area contributed by atoms with Crippen molar-refractivity contribution in [2.45, 2.75) is 18.7 Å². The van der Waals surface area contributed by atoms with Crippen molar-refractivity contribution in [1.82, 2.24) is 4.31 Å². The Labute approximate surface area is 180 Å². The molecule has 0 radical (unpaired) electrons. The zero-order valence-corrected chi connectivity index (χ0v) is 18.8. The Morgan fingerprint density at radius 1 is 1.03 bits per heavy atom. The van der Waals surface area contributed by atoms with E-state index in [2.05, 4.69) is 36.9 Å². The summed E-state index contributed by atoms with van der Waals surface area (Å²) in [6.45, 7) is 6.05. The number of ether oxygens (including phenoxy) is 1. The average Bonchev–Trinajstić information content (AvgIpc) is 3.14. The number of methoxy groups -OCH3 is 1. The van der Waals surface area contributed by atoms with Crippen LogP contribution in [0, 0.1) is 13.8 Å². The number of rotatable bonds is 4. The fourth-order valence-electron chi connectivity index (χ4n) is 3.96. The smallest absolute Gasteiger partial charge is 0.349 e. The first-order valence-electron chi connectivity index (χ1n) is 9.75. The van der Waals surface area contributed by atoms with Gasteiger partial charge in [-0.1, -0.05) is 35.9 Å². The molecule has 158 valence electrons. The van der Waals surface area contributed by atoms with E-state index >= 15 is 0 Å². The highest BCUT2D eigenvalue weighted by Gasteiger charge is 2.35. The molecule has 0 N–H and O–H groups in total. The highest BCUT2D eigenvalue weighted by Crippen LogP contribution is 2.37. The zero-order valence-electron chi connectivity index (χ0n) is 17.2. The SMILES string of the molecule is COC(=O)c1sc2ccccc2c1S(=O)(=O)N1CCN(c2ccc(C)cc2C)CC1. The standard InChI is InChI=1S/C22H24N2O4S2/c1-15-8-9-18(16(2)14-15)23-10-12-24(13-11-23)30(26,27)21-17-6-4-5-7-19(17)29-20(21)22(25)28-3/h4-9,14H,10-13H2,1-3H3. The third-order valence-electron chi connectivity index (χ3n) is 5.45. The minimum atomic E-state index is -3.84. The first-order valence-corrected chi connectivity index (χ1v) is 12.0. The van der Waals surface area contributed by atoms with Gasteiger partial charge in [0.2, 0.25) is 10.0 Å². The molecule has 2 aromatic carbocycles. The highest BCUT2D eigenvalue weighted by atomic mass is 32.2. The van der Waals surface area contributed by atoms with Gasteiger partial charge in [-0.3, -0.25) is 0 Å². The maximum atomic E-state index is 13.6. The number of anilines is 1. The number of esters is 1. The maximum absolute atomic E-state index is 13.6. The summed E-state index contributed by atoms with van der Waals surface area (Å²) in [6.07, 6.45) is 0. The van der Waals surface area contributed by atoms with Crippen LogP contribution in [-0.4, -0.2) is 52.0 Å². The molecular weight excluding hydrogens is 420 g/mol. The van der Waals surface area contributed by atoms with Crippen molar-refractivity contribution in [3.8, 4) is 0 Å². The average molecular weight is 445 g/mol. The molecule has 1 aliphatic heterocycles. The molecule has 4 rings (SSSR count). The molecular formula is C22H24N2O4S2. The molecule has 1 fully saturated rings. The van der Waals surface area contributed by atoms with Gasteiger partial charge in [-0.25, -0.2) is 13.2 Å². The lowest BCUT2D eigenvalue weighted by Gasteiger charge is -2.36. The molecule has 8 heteroatoms. The van der Waals surface area contributed by atoms with Gasteiger partial charge in [0, 0.05) is 42.0 Å². The molecule has 0 aliphatic carbocycles. The lowest BCUT2D eigenvalue weighted by Crippen LogP contribution is -2.49. The van der Waals surface area contributed by atoms with Crippen LogP contribution in [0.3, 0.4) is 0 Å². The van der Waals surface area contributed by atoms with Gasteiger partial charge in [0.05, 0.1) is 7.11 Å². The molecule has 0 spiro atoms. The Morgan fingerprint density at radius 2 is 1.73 bits per heavy atom. The van der Waals surface area contributed by atoms with Crippen molar-refractivity contribution < 1.29 is 17.9 Å². The highest BCUT2D eigenvalue weighted by molar-refractivity contribution is 7.89. The first kappa shape index (κ1) is 20.8. The van der Waals surface area contributed by atoms with Crippen LogP contribution < -0.4 is 4.90 Å². The monoisotopic (exact) mass is 444 g/mol. The van der Waals surface area contributed by atoms with Gasteiger partial charge >= 0.3 is 5.97 Å². The number of sulfonamides is 1. The van der Waals surface area contributed by atoms with Crippen molar-refractivity contribution in [3.63, 3.8) is 0 Å². The van der Waals surface area contributed by atoms with Gasteiger partial charge in [0.1, 0.15) is 9.77 Å². The number of benzene rings is 2. The summed E-state index contributed by atoms with van der Waals surface area (Å²) in [6, 6.07) is 13.5. The van der Waals surface area contributed by atoms with Crippen LogP contribution in [0.5, 0.6) is 0 Å². The Bertz CT molecular complexity index is 1210. The number of carbonyl (C=O) groups excluding carboxylic acids is 1. The largest absolute Gasteiger partial charge is 0.465 e. The number of fused-ring (bicyclic) bond motifs is 1. The molecule has 3 aromatic rings. The van der Waals surface area contributed by atoms with Crippen molar-refractivity contribution in [1.29, 1.82) is 0 Å². The van der Waals surface area contributed by atoms with E-state index in [9.17, 15) is 13.2 Å². The lowest BCUT2D eigenvalue weighted by atomic mass is 10.1. The van der Waals surface area contributed by atoms with E-state index in [0.717, 1.165) is 21.7 Å². The number of aryl methyl sites for hydroxylation is 2. The molecule has 0 saturated carbocycles. The predicted molar refractivity (Wildman–Crippen MR) is 120 cm³/mol. The van der Waals surface area contributed by atoms with Gasteiger partial charge in [0.25, 0.3) is 0 Å². The van der Waals surface area contributed by atoms with E-state index in [4.69, 9.17) is 4.74 Å². The molecule has 1 saturated heterocycles. The summed E-state index contributed by atoms with van der Waals surface area (Å²) in [7, 11) is -2.57. The van der Waals surface area contributed by atoms with Crippen molar-refractivity contribution in [2.24, 2.45) is 0 Å². The molecule has 1 aromatic heterocycles. The number of nitrogens with zero attached hydrogens (tertiary/aromatic N) is 2. The van der Waals surface area contributed by atoms with E-state index in [1.165, 1.54) is 22.5 Å². The Kier molecular flexibility index (Phi) is 5.57. The first-order chi connectivity index (χ1) is 14.3. The van der Waals surface area contributed by atoms with Crippen molar-refractivity contribution >= 4 is 43.1 Å². The lowest BCUT2D eigenvalue weighted by molar-refractivity contribution is 0.0602. The summed E-state index contributed by atoms with van der Waals surface area (Å²) in [5.74, 6) is -0.622. The van der Waals surface area contributed by atoms with Gasteiger partial charge in [-0.2, -0.15) is 4.31 Å². The predicted octanol–water partition coefficient (Wildman–Crippen LogP) is 3.82. The summed E-state index contributed by atoms with van der Waals surface area (Å²) in [4.78, 5) is 14.7. The van der Waals surface area contributed by atoms with Crippen LogP contribution >= 0.6 is 11.3 Å². The van der Waals surface area contributed by atoms with Crippen LogP contribution in [0.2, 0.25) is 0 Å². The summed E-state index contributed by atoms with van der Waals surface area (Å²) >= 11 is 1.16. The summed E-state index contributed by atoms with van der Waals surface area (Å²) < 4.78 is 34.2. The van der Waals surface area contributed by atoms with Crippen molar-refractivity contribution in [2.75, 3.05) is 38.2 Å². The molecule has 2 heterocycles. The normalized spacial score (nSPS) is 15.5. The van der Waals surface area contributed by atoms with Gasteiger partial charge in [-0.05, 0) is 31.5 Å². The minimum Gasteiger partial charge on any atom is -0.465 e. The second-order valence-electron chi connectivity index (χ2n) is 7.43.